The first-order valence-electron chi connectivity index (χ1n) is 5.25. The molecule has 1 unspecified atom stereocenters. The van der Waals surface area contributed by atoms with Gasteiger partial charge in [-0.1, -0.05) is 12.1 Å². The molecular formula is C12H15NO2S. The Morgan fingerprint density at radius 3 is 3.06 bits per heavy atom. The Hall–Kier alpha value is -1.00. The second kappa shape index (κ2) is 4.89. The van der Waals surface area contributed by atoms with Crippen LogP contribution in [-0.4, -0.2) is 25.9 Å². The number of ether oxygens (including phenoxy) is 1. The maximum absolute atomic E-state index is 11.6. The van der Waals surface area contributed by atoms with Gasteiger partial charge in [0.15, 0.2) is 0 Å². The van der Waals surface area contributed by atoms with E-state index in [1.165, 1.54) is 17.6 Å². The van der Waals surface area contributed by atoms with Crippen LogP contribution in [0.1, 0.15) is 17.2 Å². The summed E-state index contributed by atoms with van der Waals surface area (Å²) < 4.78 is 4.81. The highest BCUT2D eigenvalue weighted by molar-refractivity contribution is 7.98. The van der Waals surface area contributed by atoms with Crippen LogP contribution >= 0.6 is 11.8 Å². The van der Waals surface area contributed by atoms with E-state index in [4.69, 9.17) is 4.74 Å². The molecule has 86 valence electrons. The standard InChI is InChI=1S/C12H15NO2S/c1-15-12(14)11-9-4-3-5-10(16-2)8(9)6-7-13-11/h3-5,11,13H,6-7H2,1-2H3. The van der Waals surface area contributed by atoms with Gasteiger partial charge in [-0.05, 0) is 29.9 Å². The highest BCUT2D eigenvalue weighted by Crippen LogP contribution is 2.30. The third-order valence-electron chi connectivity index (χ3n) is 2.86. The third kappa shape index (κ3) is 1.95. The number of benzene rings is 1. The van der Waals surface area contributed by atoms with Gasteiger partial charge in [0, 0.05) is 11.4 Å². The summed E-state index contributed by atoms with van der Waals surface area (Å²) in [4.78, 5) is 12.9. The van der Waals surface area contributed by atoms with Crippen molar-refractivity contribution in [3.8, 4) is 0 Å². The summed E-state index contributed by atoms with van der Waals surface area (Å²) in [5, 5.41) is 3.19. The van der Waals surface area contributed by atoms with Crippen LogP contribution in [-0.2, 0) is 16.0 Å². The maximum Gasteiger partial charge on any atom is 0.327 e. The molecule has 0 fully saturated rings. The molecule has 1 aliphatic rings. The van der Waals surface area contributed by atoms with E-state index in [9.17, 15) is 4.79 Å². The molecule has 1 aromatic carbocycles. The highest BCUT2D eigenvalue weighted by Gasteiger charge is 2.27. The number of esters is 1. The van der Waals surface area contributed by atoms with Crippen molar-refractivity contribution in [2.75, 3.05) is 19.9 Å². The number of methoxy groups -OCH3 is 1. The fraction of sp³-hybridized carbons (Fsp3) is 0.417. The zero-order valence-corrected chi connectivity index (χ0v) is 10.3. The molecule has 0 bridgehead atoms. The number of carbonyl (C=O) groups is 1. The molecule has 0 spiro atoms. The van der Waals surface area contributed by atoms with Crippen molar-refractivity contribution in [3.05, 3.63) is 29.3 Å². The van der Waals surface area contributed by atoms with Crippen molar-refractivity contribution in [3.63, 3.8) is 0 Å². The van der Waals surface area contributed by atoms with Crippen molar-refractivity contribution in [1.82, 2.24) is 5.32 Å². The number of hydrogen-bond acceptors (Lipinski definition) is 4. The van der Waals surface area contributed by atoms with Crippen molar-refractivity contribution in [2.24, 2.45) is 0 Å². The van der Waals surface area contributed by atoms with Crippen LogP contribution in [0.5, 0.6) is 0 Å². The average Bonchev–Trinajstić information content (AvgIpc) is 2.36. The Kier molecular flexibility index (Phi) is 3.51. The van der Waals surface area contributed by atoms with Gasteiger partial charge >= 0.3 is 5.97 Å². The number of hydrogen-bond donors (Lipinski definition) is 1. The van der Waals surface area contributed by atoms with E-state index in [0.29, 0.717) is 0 Å². The van der Waals surface area contributed by atoms with E-state index in [0.717, 1.165) is 18.5 Å². The molecular weight excluding hydrogens is 222 g/mol. The lowest BCUT2D eigenvalue weighted by atomic mass is 9.94. The summed E-state index contributed by atoms with van der Waals surface area (Å²) >= 11 is 1.72. The molecule has 1 aliphatic heterocycles. The van der Waals surface area contributed by atoms with Crippen LogP contribution < -0.4 is 5.32 Å². The molecule has 1 atom stereocenters. The van der Waals surface area contributed by atoms with Crippen molar-refractivity contribution in [2.45, 2.75) is 17.4 Å². The molecule has 3 nitrogen and oxygen atoms in total. The Labute approximate surface area is 99.6 Å². The van der Waals surface area contributed by atoms with Gasteiger partial charge in [0.25, 0.3) is 0 Å². The van der Waals surface area contributed by atoms with Crippen LogP contribution in [0.25, 0.3) is 0 Å². The number of rotatable bonds is 2. The largest absolute Gasteiger partial charge is 0.468 e. The first-order chi connectivity index (χ1) is 7.77. The van der Waals surface area contributed by atoms with Gasteiger partial charge in [-0.15, -0.1) is 11.8 Å². The van der Waals surface area contributed by atoms with E-state index in [-0.39, 0.29) is 12.0 Å². The molecule has 0 saturated carbocycles. The number of carbonyl (C=O) groups excluding carboxylic acids is 1. The van der Waals surface area contributed by atoms with Gasteiger partial charge in [-0.25, -0.2) is 4.79 Å². The van der Waals surface area contributed by atoms with Crippen molar-refractivity contribution >= 4 is 17.7 Å². The molecule has 0 aromatic heterocycles. The van der Waals surface area contributed by atoms with Crippen LogP contribution in [0.3, 0.4) is 0 Å². The molecule has 16 heavy (non-hydrogen) atoms. The normalized spacial score (nSPS) is 19.0. The molecule has 0 radical (unpaired) electrons. The monoisotopic (exact) mass is 237 g/mol. The smallest absolute Gasteiger partial charge is 0.327 e. The second-order valence-electron chi connectivity index (χ2n) is 3.69. The Balaban J connectivity index is 2.43. The van der Waals surface area contributed by atoms with E-state index in [2.05, 4.69) is 17.6 Å². The van der Waals surface area contributed by atoms with Gasteiger partial charge in [-0.2, -0.15) is 0 Å². The van der Waals surface area contributed by atoms with Crippen molar-refractivity contribution < 1.29 is 9.53 Å². The van der Waals surface area contributed by atoms with E-state index < -0.39 is 0 Å². The second-order valence-corrected chi connectivity index (χ2v) is 4.54. The highest BCUT2D eigenvalue weighted by atomic mass is 32.2. The summed E-state index contributed by atoms with van der Waals surface area (Å²) in [6.45, 7) is 0.824. The molecule has 4 heteroatoms. The minimum absolute atomic E-state index is 0.209. The molecule has 0 aliphatic carbocycles. The minimum atomic E-state index is -0.305. The third-order valence-corrected chi connectivity index (χ3v) is 3.68. The van der Waals surface area contributed by atoms with Crippen LogP contribution in [0.2, 0.25) is 0 Å². The van der Waals surface area contributed by atoms with Gasteiger partial charge in [0.2, 0.25) is 0 Å². The van der Waals surface area contributed by atoms with Gasteiger partial charge in [0.1, 0.15) is 6.04 Å². The average molecular weight is 237 g/mol. The summed E-state index contributed by atoms with van der Waals surface area (Å²) in [5.41, 5.74) is 2.34. The lowest BCUT2D eigenvalue weighted by Gasteiger charge is -2.26. The Morgan fingerprint density at radius 1 is 1.56 bits per heavy atom. The lowest BCUT2D eigenvalue weighted by Crippen LogP contribution is -2.36. The minimum Gasteiger partial charge on any atom is -0.468 e. The fourth-order valence-electron chi connectivity index (χ4n) is 2.09. The zero-order chi connectivity index (χ0) is 11.5. The first-order valence-corrected chi connectivity index (χ1v) is 6.47. The maximum atomic E-state index is 11.6. The quantitative estimate of drug-likeness (QED) is 0.628. The van der Waals surface area contributed by atoms with E-state index >= 15 is 0 Å². The van der Waals surface area contributed by atoms with Gasteiger partial charge in [0.05, 0.1) is 7.11 Å². The van der Waals surface area contributed by atoms with Gasteiger partial charge in [-0.3, -0.25) is 0 Å². The lowest BCUT2D eigenvalue weighted by molar-refractivity contribution is -0.143. The van der Waals surface area contributed by atoms with Crippen LogP contribution in [0, 0.1) is 0 Å². The van der Waals surface area contributed by atoms with E-state index in [1.54, 1.807) is 11.8 Å². The van der Waals surface area contributed by atoms with Gasteiger partial charge < -0.3 is 10.1 Å². The predicted molar refractivity (Wildman–Crippen MR) is 64.7 cm³/mol. The number of fused-ring (bicyclic) bond motifs is 1. The van der Waals surface area contributed by atoms with Crippen molar-refractivity contribution in [1.29, 1.82) is 0 Å². The van der Waals surface area contributed by atoms with Crippen LogP contribution in [0.15, 0.2) is 23.1 Å². The molecule has 0 saturated heterocycles. The summed E-state index contributed by atoms with van der Waals surface area (Å²) in [7, 11) is 1.43. The molecule has 1 heterocycles. The van der Waals surface area contributed by atoms with Crippen LogP contribution in [0.4, 0.5) is 0 Å². The number of nitrogens with one attached hydrogen (secondary N) is 1. The molecule has 1 aromatic rings. The summed E-state index contributed by atoms with van der Waals surface area (Å²) in [5.74, 6) is -0.209. The predicted octanol–water partition coefficient (Wildman–Crippen LogP) is 1.77. The van der Waals surface area contributed by atoms with E-state index in [1.807, 2.05) is 12.1 Å². The SMILES string of the molecule is COC(=O)C1NCCc2c(SC)cccc21. The molecule has 2 rings (SSSR count). The Bertz CT molecular complexity index is 406. The fourth-order valence-corrected chi connectivity index (χ4v) is 2.77. The summed E-state index contributed by atoms with van der Waals surface area (Å²) in [6, 6.07) is 5.79. The summed E-state index contributed by atoms with van der Waals surface area (Å²) in [6.07, 6.45) is 3.03. The zero-order valence-electron chi connectivity index (χ0n) is 9.45. The molecule has 1 N–H and O–H groups in total. The Morgan fingerprint density at radius 2 is 2.38 bits per heavy atom. The topological polar surface area (TPSA) is 38.3 Å². The first kappa shape index (κ1) is 11.5. The molecule has 0 amide bonds. The number of thioether (sulfide) groups is 1.